The third kappa shape index (κ3) is 9.31. The minimum Gasteiger partial charge on any atom is -0.482 e. The highest BCUT2D eigenvalue weighted by Crippen LogP contribution is 2.37. The fourth-order valence-corrected chi connectivity index (χ4v) is 5.54. The molecule has 1 aliphatic rings. The minimum atomic E-state index is -0.583. The maximum atomic E-state index is 11.4. The van der Waals surface area contributed by atoms with Crippen molar-refractivity contribution in [1.82, 2.24) is 0 Å². The molecule has 0 aliphatic carbocycles. The number of hydrogen-bond donors (Lipinski definition) is 3. The van der Waals surface area contributed by atoms with Gasteiger partial charge < -0.3 is 31.0 Å². The number of ether oxygens (including phenoxy) is 3. The average Bonchev–Trinajstić information content (AvgIpc) is 2.97. The Morgan fingerprint density at radius 3 is 2.14 bits per heavy atom. The summed E-state index contributed by atoms with van der Waals surface area (Å²) < 4.78 is 15.4. The van der Waals surface area contributed by atoms with E-state index in [-0.39, 0.29) is 37.2 Å². The molecular weight excluding hydrogens is 592 g/mol. The lowest BCUT2D eigenvalue weighted by Gasteiger charge is -2.18. The summed E-state index contributed by atoms with van der Waals surface area (Å²) in [6.07, 6.45) is 0. The zero-order valence-electron chi connectivity index (χ0n) is 23.0. The number of amides is 1. The molecule has 1 amide bonds. The number of nitro groups is 1. The molecule has 0 aromatic heterocycles. The molecule has 43 heavy (non-hydrogen) atoms. The van der Waals surface area contributed by atoms with Crippen LogP contribution in [0.1, 0.15) is 6.92 Å². The van der Waals surface area contributed by atoms with Crippen LogP contribution in [-0.2, 0) is 14.3 Å². The van der Waals surface area contributed by atoms with Gasteiger partial charge in [-0.3, -0.25) is 14.9 Å². The van der Waals surface area contributed by atoms with Crippen molar-refractivity contribution in [3.63, 3.8) is 0 Å². The van der Waals surface area contributed by atoms with E-state index in [1.54, 1.807) is 36.9 Å². The summed E-state index contributed by atoms with van der Waals surface area (Å²) in [5, 5.41) is 13.9. The lowest BCUT2D eigenvalue weighted by atomic mass is 10.2. The fraction of sp³-hybridized carbons (Fsp3) is 0.133. The Kier molecular flexibility index (Phi) is 10.7. The molecular formula is C30H28N4O7S2. The first kappa shape index (κ1) is 31.1. The average molecular weight is 621 g/mol. The SMILES string of the molecule is CCOC(=O)COc1cc(Sc2cccc(N)c2)ccc1[N+](=O)[O-].Nc1cccc(Sc2ccc3c(c2)OCC(=O)N3)c1. The second-order valence-electron chi connectivity index (χ2n) is 8.82. The lowest BCUT2D eigenvalue weighted by Crippen LogP contribution is -2.25. The maximum absolute atomic E-state index is 11.4. The third-order valence-corrected chi connectivity index (χ3v) is 7.51. The molecule has 5 N–H and O–H groups in total. The summed E-state index contributed by atoms with van der Waals surface area (Å²) in [5.74, 6) is 0.0138. The van der Waals surface area contributed by atoms with Gasteiger partial charge >= 0.3 is 11.7 Å². The predicted octanol–water partition coefficient (Wildman–Crippen LogP) is 6.02. The number of carbonyl (C=O) groups is 2. The molecule has 222 valence electrons. The van der Waals surface area contributed by atoms with Crippen molar-refractivity contribution >= 4 is 58.1 Å². The molecule has 11 nitrogen and oxygen atoms in total. The second-order valence-corrected chi connectivity index (χ2v) is 11.1. The third-order valence-electron chi connectivity index (χ3n) is 5.55. The Hall–Kier alpha value is -4.88. The minimum absolute atomic E-state index is 0.0157. The molecule has 13 heteroatoms. The molecule has 5 rings (SSSR count). The van der Waals surface area contributed by atoms with Crippen LogP contribution in [0.25, 0.3) is 0 Å². The number of hydrogen-bond acceptors (Lipinski definition) is 11. The van der Waals surface area contributed by atoms with E-state index in [1.165, 1.54) is 23.9 Å². The Labute approximate surface area is 256 Å². The highest BCUT2D eigenvalue weighted by molar-refractivity contribution is 7.99. The van der Waals surface area contributed by atoms with Crippen molar-refractivity contribution in [3.8, 4) is 11.5 Å². The van der Waals surface area contributed by atoms with Crippen LogP contribution >= 0.6 is 23.5 Å². The van der Waals surface area contributed by atoms with Crippen LogP contribution in [0.3, 0.4) is 0 Å². The molecule has 0 saturated carbocycles. The Balaban J connectivity index is 0.000000202. The topological polar surface area (TPSA) is 169 Å². The molecule has 0 fully saturated rings. The molecule has 0 saturated heterocycles. The number of nitrogens with two attached hydrogens (primary N) is 2. The summed E-state index contributed by atoms with van der Waals surface area (Å²) in [6.45, 7) is 1.57. The first-order chi connectivity index (χ1) is 20.7. The van der Waals surface area contributed by atoms with E-state index in [9.17, 15) is 19.7 Å². The van der Waals surface area contributed by atoms with Crippen LogP contribution in [0.15, 0.2) is 105 Å². The van der Waals surface area contributed by atoms with Crippen LogP contribution in [0.5, 0.6) is 11.5 Å². The van der Waals surface area contributed by atoms with Gasteiger partial charge in [-0.1, -0.05) is 35.7 Å². The normalized spacial score (nSPS) is 11.6. The van der Waals surface area contributed by atoms with Gasteiger partial charge in [0.2, 0.25) is 0 Å². The number of benzene rings is 4. The Bertz CT molecular complexity index is 1630. The van der Waals surface area contributed by atoms with E-state index in [4.69, 9.17) is 25.7 Å². The van der Waals surface area contributed by atoms with Crippen molar-refractivity contribution in [2.75, 3.05) is 36.6 Å². The van der Waals surface area contributed by atoms with E-state index < -0.39 is 10.9 Å². The quantitative estimate of drug-likeness (QED) is 0.0865. The number of rotatable bonds is 9. The van der Waals surface area contributed by atoms with Gasteiger partial charge in [-0.25, -0.2) is 4.79 Å². The summed E-state index contributed by atoms with van der Waals surface area (Å²) in [6, 6.07) is 25.2. The Morgan fingerprint density at radius 1 is 0.930 bits per heavy atom. The smallest absolute Gasteiger partial charge is 0.344 e. The zero-order chi connectivity index (χ0) is 30.8. The van der Waals surface area contributed by atoms with Gasteiger partial charge in [0.25, 0.3) is 5.91 Å². The summed E-state index contributed by atoms with van der Waals surface area (Å²) in [7, 11) is 0. The van der Waals surface area contributed by atoms with Crippen molar-refractivity contribution in [2.45, 2.75) is 26.5 Å². The van der Waals surface area contributed by atoms with Crippen LogP contribution in [0.4, 0.5) is 22.7 Å². The molecule has 4 aromatic rings. The van der Waals surface area contributed by atoms with Gasteiger partial charge in [0.05, 0.1) is 17.2 Å². The van der Waals surface area contributed by atoms with Gasteiger partial charge in [-0.15, -0.1) is 0 Å². The van der Waals surface area contributed by atoms with E-state index in [1.807, 2.05) is 54.6 Å². The van der Waals surface area contributed by atoms with E-state index >= 15 is 0 Å². The molecule has 0 unspecified atom stereocenters. The number of carbonyl (C=O) groups excluding carboxylic acids is 2. The number of fused-ring (bicyclic) bond motifs is 1. The summed E-state index contributed by atoms with van der Waals surface area (Å²) in [5.41, 5.74) is 13.4. The van der Waals surface area contributed by atoms with Crippen molar-refractivity contribution in [1.29, 1.82) is 0 Å². The van der Waals surface area contributed by atoms with Crippen LogP contribution in [-0.4, -0.2) is 36.6 Å². The summed E-state index contributed by atoms with van der Waals surface area (Å²) in [4.78, 5) is 36.8. The van der Waals surface area contributed by atoms with Gasteiger partial charge in [0.1, 0.15) is 5.75 Å². The summed E-state index contributed by atoms with van der Waals surface area (Å²) >= 11 is 2.98. The van der Waals surface area contributed by atoms with Crippen molar-refractivity contribution in [3.05, 3.63) is 95.0 Å². The number of esters is 1. The largest absolute Gasteiger partial charge is 0.482 e. The number of nitrogen functional groups attached to an aromatic ring is 2. The molecule has 0 bridgehead atoms. The molecule has 1 aliphatic heterocycles. The first-order valence-electron chi connectivity index (χ1n) is 12.9. The van der Waals surface area contributed by atoms with Crippen LogP contribution in [0, 0.1) is 10.1 Å². The first-order valence-corrected chi connectivity index (χ1v) is 14.5. The molecule has 0 spiro atoms. The maximum Gasteiger partial charge on any atom is 0.344 e. The highest BCUT2D eigenvalue weighted by Gasteiger charge is 2.18. The molecule has 0 radical (unpaired) electrons. The highest BCUT2D eigenvalue weighted by atomic mass is 32.2. The fourth-order valence-electron chi connectivity index (χ4n) is 3.71. The van der Waals surface area contributed by atoms with Crippen molar-refractivity contribution in [2.24, 2.45) is 0 Å². The van der Waals surface area contributed by atoms with E-state index in [0.29, 0.717) is 17.1 Å². The molecule has 0 atom stereocenters. The van der Waals surface area contributed by atoms with Gasteiger partial charge in [-0.2, -0.15) is 0 Å². The monoisotopic (exact) mass is 620 g/mol. The number of nitrogens with one attached hydrogen (secondary N) is 1. The number of nitrogens with zero attached hydrogens (tertiary/aromatic N) is 1. The number of anilines is 3. The molecule has 1 heterocycles. The van der Waals surface area contributed by atoms with Gasteiger partial charge in [-0.05, 0) is 67.6 Å². The Morgan fingerprint density at radius 2 is 1.53 bits per heavy atom. The van der Waals surface area contributed by atoms with Gasteiger partial charge in [0, 0.05) is 43.1 Å². The van der Waals surface area contributed by atoms with Gasteiger partial charge in [0.15, 0.2) is 19.0 Å². The zero-order valence-corrected chi connectivity index (χ0v) is 24.6. The van der Waals surface area contributed by atoms with Crippen molar-refractivity contribution < 1.29 is 28.7 Å². The standard InChI is InChI=1S/C16H16N2O5S.C14H12N2O2S/c1-2-22-16(19)10-23-15-9-13(6-7-14(15)18(20)21)24-12-5-3-4-11(17)8-12;15-9-2-1-3-10(6-9)19-11-4-5-12-13(7-11)18-8-14(17)16-12/h3-9H,2,10,17H2,1H3;1-7H,8,15H2,(H,16,17). The van der Waals surface area contributed by atoms with Crippen LogP contribution < -0.4 is 26.3 Å². The van der Waals surface area contributed by atoms with Crippen LogP contribution in [0.2, 0.25) is 0 Å². The molecule has 4 aromatic carbocycles. The lowest BCUT2D eigenvalue weighted by molar-refractivity contribution is -0.385. The van der Waals surface area contributed by atoms with E-state index in [0.717, 1.165) is 25.3 Å². The van der Waals surface area contributed by atoms with E-state index in [2.05, 4.69) is 5.32 Å². The second kappa shape index (κ2) is 14.8. The predicted molar refractivity (Wildman–Crippen MR) is 166 cm³/mol. The number of nitro benzene ring substituents is 1.